The maximum absolute atomic E-state index is 4.78. The fourth-order valence-corrected chi connectivity index (χ4v) is 2.70. The smallest absolute Gasteiger partial charge is 0.146 e. The van der Waals surface area contributed by atoms with Crippen molar-refractivity contribution < 1.29 is 0 Å². The van der Waals surface area contributed by atoms with E-state index in [1.54, 1.807) is 0 Å². The van der Waals surface area contributed by atoms with Gasteiger partial charge in [0, 0.05) is 11.3 Å². The molecule has 0 fully saturated rings. The summed E-state index contributed by atoms with van der Waals surface area (Å²) < 4.78 is 2.24. The molecule has 20 heavy (non-hydrogen) atoms. The normalized spacial score (nSPS) is 11.3. The van der Waals surface area contributed by atoms with Crippen LogP contribution in [-0.2, 0) is 0 Å². The maximum Gasteiger partial charge on any atom is 0.146 e. The van der Waals surface area contributed by atoms with Crippen LogP contribution in [0.5, 0.6) is 0 Å². The molecule has 2 aromatic heterocycles. The first kappa shape index (κ1) is 12.7. The first-order valence-electron chi connectivity index (χ1n) is 6.86. The van der Waals surface area contributed by atoms with Gasteiger partial charge in [0.25, 0.3) is 0 Å². The lowest BCUT2D eigenvalue weighted by molar-refractivity contribution is 0.808. The number of rotatable bonds is 3. The van der Waals surface area contributed by atoms with Crippen LogP contribution < -0.4 is 0 Å². The zero-order chi connectivity index (χ0) is 14.3. The molecule has 0 saturated carbocycles. The van der Waals surface area contributed by atoms with E-state index < -0.39 is 0 Å². The molecule has 0 aliphatic heterocycles. The molecule has 1 aromatic carbocycles. The Morgan fingerprint density at radius 1 is 1.15 bits per heavy atom. The summed E-state index contributed by atoms with van der Waals surface area (Å²) in [5.74, 6) is 0.410. The number of fused-ring (bicyclic) bond motifs is 3. The van der Waals surface area contributed by atoms with Gasteiger partial charge in [-0.3, -0.25) is 4.40 Å². The third-order valence-corrected chi connectivity index (χ3v) is 3.69. The molecule has 100 valence electrons. The zero-order valence-electron chi connectivity index (χ0n) is 11.9. The Kier molecular flexibility index (Phi) is 2.94. The molecule has 0 bridgehead atoms. The van der Waals surface area contributed by atoms with Crippen LogP contribution in [0.4, 0.5) is 0 Å². The highest BCUT2D eigenvalue weighted by Gasteiger charge is 2.15. The summed E-state index contributed by atoms with van der Waals surface area (Å²) in [7, 11) is 0. The van der Waals surface area contributed by atoms with E-state index in [0.29, 0.717) is 5.92 Å². The van der Waals surface area contributed by atoms with Crippen molar-refractivity contribution in [2.45, 2.75) is 19.8 Å². The Labute approximate surface area is 119 Å². The summed E-state index contributed by atoms with van der Waals surface area (Å²) in [6.07, 6.45) is 3.74. The molecule has 0 amide bonds. The van der Waals surface area contributed by atoms with E-state index in [9.17, 15) is 0 Å². The second kappa shape index (κ2) is 4.64. The molecular formula is C18H18N2. The van der Waals surface area contributed by atoms with Gasteiger partial charge in [0.2, 0.25) is 0 Å². The molecule has 3 rings (SSSR count). The SMILES string of the molecule is C=Cc1cc(C(C)C)n2c(nc3ccccc32)c1C=C. The molecule has 2 nitrogen and oxygen atoms in total. The zero-order valence-corrected chi connectivity index (χ0v) is 11.9. The predicted molar refractivity (Wildman–Crippen MR) is 87.0 cm³/mol. The number of para-hydroxylation sites is 2. The Hall–Kier alpha value is -2.35. The summed E-state index contributed by atoms with van der Waals surface area (Å²) in [4.78, 5) is 4.78. The van der Waals surface area contributed by atoms with Crippen molar-refractivity contribution in [2.75, 3.05) is 0 Å². The fourth-order valence-electron chi connectivity index (χ4n) is 2.70. The van der Waals surface area contributed by atoms with Gasteiger partial charge >= 0.3 is 0 Å². The van der Waals surface area contributed by atoms with Gasteiger partial charge in [-0.2, -0.15) is 0 Å². The van der Waals surface area contributed by atoms with Gasteiger partial charge in [-0.1, -0.05) is 51.3 Å². The van der Waals surface area contributed by atoms with Crippen LogP contribution in [0.15, 0.2) is 43.5 Å². The van der Waals surface area contributed by atoms with Crippen LogP contribution in [0.2, 0.25) is 0 Å². The highest BCUT2D eigenvalue weighted by Crippen LogP contribution is 2.29. The van der Waals surface area contributed by atoms with Crippen molar-refractivity contribution in [3.8, 4) is 0 Å². The second-order valence-electron chi connectivity index (χ2n) is 5.26. The number of imidazole rings is 1. The third-order valence-electron chi connectivity index (χ3n) is 3.69. The van der Waals surface area contributed by atoms with E-state index in [1.807, 2.05) is 24.3 Å². The molecule has 2 heterocycles. The Morgan fingerprint density at radius 3 is 2.55 bits per heavy atom. The molecule has 0 N–H and O–H groups in total. The molecule has 0 saturated heterocycles. The minimum absolute atomic E-state index is 0.410. The summed E-state index contributed by atoms with van der Waals surface area (Å²) in [6.45, 7) is 12.2. The van der Waals surface area contributed by atoms with Gasteiger partial charge in [-0.05, 0) is 29.7 Å². The largest absolute Gasteiger partial charge is 0.296 e. The monoisotopic (exact) mass is 262 g/mol. The summed E-state index contributed by atoms with van der Waals surface area (Å²) in [5, 5.41) is 0. The summed E-state index contributed by atoms with van der Waals surface area (Å²) >= 11 is 0. The van der Waals surface area contributed by atoms with Crippen molar-refractivity contribution in [1.82, 2.24) is 9.38 Å². The lowest BCUT2D eigenvalue weighted by Crippen LogP contribution is -2.02. The number of pyridine rings is 1. The van der Waals surface area contributed by atoms with E-state index in [0.717, 1.165) is 27.8 Å². The van der Waals surface area contributed by atoms with Crippen LogP contribution in [0.25, 0.3) is 28.8 Å². The van der Waals surface area contributed by atoms with Crippen LogP contribution in [0.1, 0.15) is 36.6 Å². The fraction of sp³-hybridized carbons (Fsp3) is 0.167. The second-order valence-corrected chi connectivity index (χ2v) is 5.26. The van der Waals surface area contributed by atoms with Crippen molar-refractivity contribution in [1.29, 1.82) is 0 Å². The highest BCUT2D eigenvalue weighted by molar-refractivity contribution is 5.86. The van der Waals surface area contributed by atoms with Crippen molar-refractivity contribution in [3.63, 3.8) is 0 Å². The van der Waals surface area contributed by atoms with Gasteiger partial charge in [-0.15, -0.1) is 0 Å². The molecule has 0 aliphatic rings. The average Bonchev–Trinajstić information content (AvgIpc) is 2.84. The van der Waals surface area contributed by atoms with Crippen LogP contribution >= 0.6 is 0 Å². The van der Waals surface area contributed by atoms with Crippen LogP contribution in [-0.4, -0.2) is 9.38 Å². The Bertz CT molecular complexity index is 822. The van der Waals surface area contributed by atoms with Crippen LogP contribution in [0, 0.1) is 0 Å². The van der Waals surface area contributed by atoms with Crippen molar-refractivity contribution in [2.24, 2.45) is 0 Å². The molecular weight excluding hydrogens is 244 g/mol. The predicted octanol–water partition coefficient (Wildman–Crippen LogP) is 4.90. The van der Waals surface area contributed by atoms with E-state index in [-0.39, 0.29) is 0 Å². The third kappa shape index (κ3) is 1.68. The highest BCUT2D eigenvalue weighted by atomic mass is 15.0. The number of hydrogen-bond acceptors (Lipinski definition) is 1. The first-order valence-corrected chi connectivity index (χ1v) is 6.86. The van der Waals surface area contributed by atoms with Gasteiger partial charge in [0.05, 0.1) is 11.0 Å². The van der Waals surface area contributed by atoms with E-state index >= 15 is 0 Å². The molecule has 0 aliphatic carbocycles. The number of hydrogen-bond donors (Lipinski definition) is 0. The quantitative estimate of drug-likeness (QED) is 0.656. The number of aromatic nitrogens is 2. The topological polar surface area (TPSA) is 17.3 Å². The maximum atomic E-state index is 4.78. The molecule has 0 radical (unpaired) electrons. The van der Waals surface area contributed by atoms with Crippen molar-refractivity contribution in [3.05, 3.63) is 60.3 Å². The molecule has 0 atom stereocenters. The lowest BCUT2D eigenvalue weighted by Gasteiger charge is -2.14. The van der Waals surface area contributed by atoms with Crippen molar-refractivity contribution >= 4 is 28.8 Å². The minimum atomic E-state index is 0.410. The van der Waals surface area contributed by atoms with E-state index in [4.69, 9.17) is 4.98 Å². The molecule has 0 spiro atoms. The summed E-state index contributed by atoms with van der Waals surface area (Å²) in [5.41, 5.74) is 6.49. The van der Waals surface area contributed by atoms with Gasteiger partial charge in [-0.25, -0.2) is 4.98 Å². The van der Waals surface area contributed by atoms with Gasteiger partial charge < -0.3 is 0 Å². The van der Waals surface area contributed by atoms with Crippen LogP contribution in [0.3, 0.4) is 0 Å². The van der Waals surface area contributed by atoms with Gasteiger partial charge in [0.15, 0.2) is 0 Å². The standard InChI is InChI=1S/C18H18N2/c1-5-13-11-17(12(3)4)20-16-10-8-7-9-15(16)19-18(20)14(13)6-2/h5-12H,1-2H2,3-4H3. The summed E-state index contributed by atoms with van der Waals surface area (Å²) in [6, 6.07) is 10.4. The number of nitrogens with zero attached hydrogens (tertiary/aromatic N) is 2. The van der Waals surface area contributed by atoms with E-state index in [2.05, 4.69) is 49.6 Å². The first-order chi connectivity index (χ1) is 9.67. The van der Waals surface area contributed by atoms with Gasteiger partial charge in [0.1, 0.15) is 5.65 Å². The Morgan fingerprint density at radius 2 is 1.90 bits per heavy atom. The molecule has 0 unspecified atom stereocenters. The Balaban J connectivity index is 2.60. The average molecular weight is 262 g/mol. The number of benzene rings is 1. The molecule has 2 heteroatoms. The lowest BCUT2D eigenvalue weighted by atomic mass is 10.0. The molecule has 3 aromatic rings. The van der Waals surface area contributed by atoms with E-state index in [1.165, 1.54) is 5.69 Å². The minimum Gasteiger partial charge on any atom is -0.296 e.